The Morgan fingerprint density at radius 1 is 1.37 bits per heavy atom. The van der Waals surface area contributed by atoms with E-state index in [0.717, 1.165) is 6.07 Å². The van der Waals surface area contributed by atoms with Gasteiger partial charge in [0.1, 0.15) is 6.10 Å². The van der Waals surface area contributed by atoms with E-state index in [-0.39, 0.29) is 24.4 Å². The maximum Gasteiger partial charge on any atom is 0.216 e. The Hall–Kier alpha value is -1.73. The topological polar surface area (TPSA) is 89.8 Å². The highest BCUT2D eigenvalue weighted by atomic mass is 19.2. The van der Waals surface area contributed by atoms with Crippen molar-refractivity contribution in [2.45, 2.75) is 25.6 Å². The number of amides is 1. The maximum atomic E-state index is 13.0. The molecule has 0 radical (unpaired) electrons. The van der Waals surface area contributed by atoms with Crippen LogP contribution >= 0.6 is 0 Å². The van der Waals surface area contributed by atoms with Crippen molar-refractivity contribution in [3.63, 3.8) is 0 Å². The van der Waals surface area contributed by atoms with E-state index in [4.69, 9.17) is 5.11 Å². The van der Waals surface area contributed by atoms with Gasteiger partial charge in [-0.15, -0.1) is 0 Å². The van der Waals surface area contributed by atoms with Gasteiger partial charge in [-0.3, -0.25) is 4.79 Å². The number of benzene rings is 1. The van der Waals surface area contributed by atoms with Crippen molar-refractivity contribution in [2.24, 2.45) is 0 Å². The van der Waals surface area contributed by atoms with Crippen LogP contribution in [0.15, 0.2) is 12.1 Å². The van der Waals surface area contributed by atoms with Crippen molar-refractivity contribution < 1.29 is 28.9 Å². The second-order valence-corrected chi connectivity index (χ2v) is 4.12. The van der Waals surface area contributed by atoms with Crippen molar-refractivity contribution in [1.29, 1.82) is 0 Å². The predicted octanol–water partition coefficient (Wildman–Crippen LogP) is 0.591. The summed E-state index contributed by atoms with van der Waals surface area (Å²) in [7, 11) is 0. The van der Waals surface area contributed by atoms with Crippen LogP contribution in [0.2, 0.25) is 0 Å². The largest absolute Gasteiger partial charge is 0.505 e. The third-order valence-electron chi connectivity index (χ3n) is 2.55. The molecule has 5 nitrogen and oxygen atoms in total. The SMILES string of the molecule is CC(=O)NCCC(O)C(O)c1cc(O)c(F)c(F)c1. The highest BCUT2D eigenvalue weighted by Crippen LogP contribution is 2.26. The molecule has 1 aromatic carbocycles. The molecular formula is C12H15F2NO4. The van der Waals surface area contributed by atoms with Crippen LogP contribution in [0.5, 0.6) is 5.75 Å². The summed E-state index contributed by atoms with van der Waals surface area (Å²) < 4.78 is 25.9. The summed E-state index contributed by atoms with van der Waals surface area (Å²) in [4.78, 5) is 10.6. The molecule has 1 aromatic rings. The Morgan fingerprint density at radius 2 is 2.00 bits per heavy atom. The van der Waals surface area contributed by atoms with Crippen molar-refractivity contribution in [3.05, 3.63) is 29.3 Å². The Morgan fingerprint density at radius 3 is 2.53 bits per heavy atom. The fraction of sp³-hybridized carbons (Fsp3) is 0.417. The number of hydrogen-bond donors (Lipinski definition) is 4. The Balaban J connectivity index is 2.71. The minimum Gasteiger partial charge on any atom is -0.505 e. The van der Waals surface area contributed by atoms with E-state index in [9.17, 15) is 23.8 Å². The molecule has 0 spiro atoms. The zero-order chi connectivity index (χ0) is 14.6. The molecule has 0 aromatic heterocycles. The minimum atomic E-state index is -1.49. The number of aliphatic hydroxyl groups is 2. The average molecular weight is 275 g/mol. The summed E-state index contributed by atoms with van der Waals surface area (Å²) in [5.74, 6) is -3.96. The minimum absolute atomic E-state index is 0.0283. The molecule has 106 valence electrons. The van der Waals surface area contributed by atoms with Crippen LogP contribution in [0.4, 0.5) is 8.78 Å². The molecule has 0 aliphatic heterocycles. The van der Waals surface area contributed by atoms with Crippen LogP contribution in [-0.4, -0.2) is 33.9 Å². The van der Waals surface area contributed by atoms with Crippen LogP contribution in [0, 0.1) is 11.6 Å². The van der Waals surface area contributed by atoms with Gasteiger partial charge in [-0.2, -0.15) is 4.39 Å². The van der Waals surface area contributed by atoms with E-state index in [0.29, 0.717) is 6.07 Å². The summed E-state index contributed by atoms with van der Waals surface area (Å²) in [5.41, 5.74) is -0.147. The van der Waals surface area contributed by atoms with Gasteiger partial charge in [-0.05, 0) is 24.1 Å². The lowest BCUT2D eigenvalue weighted by molar-refractivity contribution is -0.119. The second-order valence-electron chi connectivity index (χ2n) is 4.12. The fourth-order valence-electron chi connectivity index (χ4n) is 1.54. The lowest BCUT2D eigenvalue weighted by Crippen LogP contribution is -2.27. The highest BCUT2D eigenvalue weighted by Gasteiger charge is 2.21. The van der Waals surface area contributed by atoms with Crippen LogP contribution < -0.4 is 5.32 Å². The number of aliphatic hydroxyl groups excluding tert-OH is 2. The molecule has 0 saturated carbocycles. The van der Waals surface area contributed by atoms with E-state index in [1.54, 1.807) is 0 Å². The van der Waals surface area contributed by atoms with Crippen LogP contribution in [0.1, 0.15) is 25.0 Å². The van der Waals surface area contributed by atoms with Crippen molar-refractivity contribution in [3.8, 4) is 5.75 Å². The van der Waals surface area contributed by atoms with Crippen molar-refractivity contribution >= 4 is 5.91 Å². The lowest BCUT2D eigenvalue weighted by Gasteiger charge is -2.18. The van der Waals surface area contributed by atoms with E-state index < -0.39 is 29.6 Å². The highest BCUT2D eigenvalue weighted by molar-refractivity contribution is 5.72. The van der Waals surface area contributed by atoms with E-state index in [2.05, 4.69) is 5.32 Å². The molecule has 7 heteroatoms. The molecule has 0 saturated heterocycles. The molecule has 0 aliphatic rings. The second kappa shape index (κ2) is 6.44. The van der Waals surface area contributed by atoms with Crippen molar-refractivity contribution in [2.75, 3.05) is 6.54 Å². The number of phenols is 1. The summed E-state index contributed by atoms with van der Waals surface area (Å²) in [6, 6.07) is 1.53. The number of hydrogen-bond acceptors (Lipinski definition) is 4. The molecule has 1 amide bonds. The maximum absolute atomic E-state index is 13.0. The van der Waals surface area contributed by atoms with Crippen LogP contribution in [0.25, 0.3) is 0 Å². The molecule has 2 atom stereocenters. The average Bonchev–Trinajstić information content (AvgIpc) is 2.33. The first-order valence-electron chi connectivity index (χ1n) is 5.61. The number of aromatic hydroxyl groups is 1. The summed E-state index contributed by atoms with van der Waals surface area (Å²) in [6.07, 6.45) is -2.74. The molecule has 19 heavy (non-hydrogen) atoms. The third kappa shape index (κ3) is 4.15. The predicted molar refractivity (Wildman–Crippen MR) is 62.3 cm³/mol. The first kappa shape index (κ1) is 15.3. The summed E-state index contributed by atoms with van der Waals surface area (Å²) in [6.45, 7) is 1.43. The van der Waals surface area contributed by atoms with Gasteiger partial charge in [-0.25, -0.2) is 4.39 Å². The van der Waals surface area contributed by atoms with Gasteiger partial charge in [0.05, 0.1) is 6.10 Å². The monoisotopic (exact) mass is 275 g/mol. The number of nitrogens with one attached hydrogen (secondary N) is 1. The van der Waals surface area contributed by atoms with E-state index >= 15 is 0 Å². The van der Waals surface area contributed by atoms with Gasteiger partial charge in [0.2, 0.25) is 5.91 Å². The van der Waals surface area contributed by atoms with Gasteiger partial charge in [0.25, 0.3) is 0 Å². The van der Waals surface area contributed by atoms with Gasteiger partial charge >= 0.3 is 0 Å². The molecule has 4 N–H and O–H groups in total. The number of rotatable bonds is 5. The number of phenolic OH excluding ortho intramolecular Hbond substituents is 1. The number of carbonyl (C=O) groups is 1. The van der Waals surface area contributed by atoms with Crippen LogP contribution in [0.3, 0.4) is 0 Å². The first-order chi connectivity index (χ1) is 8.82. The van der Waals surface area contributed by atoms with Crippen LogP contribution in [-0.2, 0) is 4.79 Å². The fourth-order valence-corrected chi connectivity index (χ4v) is 1.54. The molecule has 0 aliphatic carbocycles. The summed E-state index contributed by atoms with van der Waals surface area (Å²) in [5, 5.41) is 30.9. The first-order valence-corrected chi connectivity index (χ1v) is 5.61. The molecular weight excluding hydrogens is 260 g/mol. The van der Waals surface area contributed by atoms with Gasteiger partial charge in [0, 0.05) is 13.5 Å². The van der Waals surface area contributed by atoms with E-state index in [1.165, 1.54) is 6.92 Å². The Labute approximate surface area is 108 Å². The van der Waals surface area contributed by atoms with Gasteiger partial charge < -0.3 is 20.6 Å². The zero-order valence-corrected chi connectivity index (χ0v) is 10.2. The number of carbonyl (C=O) groups excluding carboxylic acids is 1. The normalized spacial score (nSPS) is 13.9. The lowest BCUT2D eigenvalue weighted by atomic mass is 10.0. The third-order valence-corrected chi connectivity index (χ3v) is 2.55. The molecule has 0 heterocycles. The standard InChI is InChI=1S/C12H15F2NO4/c1-6(16)15-3-2-9(17)12(19)7-4-8(13)11(14)10(18)5-7/h4-5,9,12,17-19H,2-3H2,1H3,(H,15,16). The molecule has 1 rings (SSSR count). The molecule has 0 bridgehead atoms. The van der Waals surface area contributed by atoms with E-state index in [1.807, 2.05) is 0 Å². The zero-order valence-electron chi connectivity index (χ0n) is 10.2. The molecule has 0 fully saturated rings. The Bertz CT molecular complexity index is 444. The smallest absolute Gasteiger partial charge is 0.216 e. The van der Waals surface area contributed by atoms with Gasteiger partial charge in [0.15, 0.2) is 17.4 Å². The number of halogens is 2. The van der Waals surface area contributed by atoms with Crippen molar-refractivity contribution in [1.82, 2.24) is 5.32 Å². The molecule has 2 unspecified atom stereocenters. The van der Waals surface area contributed by atoms with Gasteiger partial charge in [-0.1, -0.05) is 0 Å². The quantitative estimate of drug-likeness (QED) is 0.633. The Kier molecular flexibility index (Phi) is 5.20. The summed E-state index contributed by atoms with van der Waals surface area (Å²) >= 11 is 0.